The van der Waals surface area contributed by atoms with E-state index in [0.29, 0.717) is 6.61 Å². The third-order valence-corrected chi connectivity index (χ3v) is 3.57. The van der Waals surface area contributed by atoms with Crippen molar-refractivity contribution in [3.05, 3.63) is 0 Å². The van der Waals surface area contributed by atoms with Crippen LogP contribution in [0.4, 0.5) is 0 Å². The Morgan fingerprint density at radius 3 is 2.00 bits per heavy atom. The van der Waals surface area contributed by atoms with Crippen molar-refractivity contribution < 1.29 is 17.7 Å². The van der Waals surface area contributed by atoms with Gasteiger partial charge in [-0.15, -0.1) is 0 Å². The van der Waals surface area contributed by atoms with E-state index in [9.17, 15) is 0 Å². The Labute approximate surface area is 73.7 Å². The van der Waals surface area contributed by atoms with Crippen LogP contribution in [0.3, 0.4) is 0 Å². The second kappa shape index (κ2) is 5.98. The first kappa shape index (κ1) is 11.4. The smallest absolute Gasteiger partial charge is 0.355 e. The summed E-state index contributed by atoms with van der Waals surface area (Å²) in [5, 5.41) is 0. The zero-order valence-electron chi connectivity index (χ0n) is 6.99. The van der Waals surface area contributed by atoms with E-state index in [0.717, 1.165) is 0 Å². The lowest BCUT2D eigenvalue weighted by molar-refractivity contribution is 0.00594. The zero-order chi connectivity index (χ0) is 8.74. The highest BCUT2D eigenvalue weighted by Crippen LogP contribution is 2.09. The van der Waals surface area contributed by atoms with Crippen LogP contribution in [0.5, 0.6) is 0 Å². The predicted molar refractivity (Wildman–Crippen MR) is 46.3 cm³/mol. The van der Waals surface area contributed by atoms with Crippen molar-refractivity contribution in [2.24, 2.45) is 0 Å². The minimum Gasteiger partial charge on any atom is -0.355 e. The molecule has 0 fully saturated rings. The van der Waals surface area contributed by atoms with Crippen LogP contribution in [0, 0.1) is 0 Å². The van der Waals surface area contributed by atoms with E-state index in [1.807, 2.05) is 6.92 Å². The Morgan fingerprint density at radius 1 is 1.18 bits per heavy atom. The maximum absolute atomic E-state index is 5.19. The van der Waals surface area contributed by atoms with E-state index in [1.54, 1.807) is 0 Å². The monoisotopic (exact) mass is 198 g/mol. The third-order valence-electron chi connectivity index (χ3n) is 1.06. The van der Waals surface area contributed by atoms with Crippen LogP contribution < -0.4 is 0 Å². The molecule has 0 unspecified atom stereocenters. The van der Waals surface area contributed by atoms with Gasteiger partial charge in [0, 0.05) is 20.8 Å². The summed E-state index contributed by atoms with van der Waals surface area (Å²) in [6, 6.07) is 0. The largest absolute Gasteiger partial charge is 0.679 e. The Bertz CT molecular complexity index is 90.5. The van der Waals surface area contributed by atoms with Crippen LogP contribution in [0.1, 0.15) is 6.92 Å². The average molecular weight is 198 g/mol. The molecular formula is C5H14O4SSi. The maximum atomic E-state index is 5.19. The van der Waals surface area contributed by atoms with Crippen molar-refractivity contribution in [3.63, 3.8) is 0 Å². The molecule has 0 amide bonds. The minimum absolute atomic E-state index is 0.230. The van der Waals surface area contributed by atoms with Crippen LogP contribution in [0.25, 0.3) is 0 Å². The lowest BCUT2D eigenvalue weighted by Gasteiger charge is -2.22. The molecule has 0 aliphatic rings. The molecule has 4 nitrogen and oxygen atoms in total. The summed E-state index contributed by atoms with van der Waals surface area (Å²) in [7, 11) is 0.170. The Hall–Kier alpha value is 0.407. The highest BCUT2D eigenvalue weighted by atomic mass is 32.1. The fourth-order valence-electron chi connectivity index (χ4n) is 0.617. The van der Waals surface area contributed by atoms with Gasteiger partial charge in [0.2, 0.25) is 0 Å². The van der Waals surface area contributed by atoms with E-state index in [4.69, 9.17) is 17.7 Å². The number of hydrogen-bond acceptors (Lipinski definition) is 5. The van der Waals surface area contributed by atoms with Gasteiger partial charge in [0.15, 0.2) is 0 Å². The molecule has 0 N–H and O–H groups in total. The van der Waals surface area contributed by atoms with Gasteiger partial charge in [-0.2, -0.15) is 12.6 Å². The first-order valence-electron chi connectivity index (χ1n) is 3.23. The molecule has 0 aromatic rings. The van der Waals surface area contributed by atoms with Gasteiger partial charge >= 0.3 is 9.05 Å². The van der Waals surface area contributed by atoms with E-state index in [2.05, 4.69) is 12.6 Å². The van der Waals surface area contributed by atoms with Crippen molar-refractivity contribution >= 4 is 21.7 Å². The fraction of sp³-hybridized carbons (Fsp3) is 1.00. The van der Waals surface area contributed by atoms with Gasteiger partial charge in [-0.3, -0.25) is 0 Å². The fourth-order valence-corrected chi connectivity index (χ4v) is 2.32. The molecule has 0 spiro atoms. The molecule has 0 aromatic heterocycles. The summed E-state index contributed by atoms with van der Waals surface area (Å²) in [6.45, 7) is 2.35. The van der Waals surface area contributed by atoms with Crippen molar-refractivity contribution in [1.82, 2.24) is 0 Å². The molecule has 11 heavy (non-hydrogen) atoms. The molecule has 0 aliphatic carbocycles. The summed E-state index contributed by atoms with van der Waals surface area (Å²) in [5.74, 6) is 0.230. The third kappa shape index (κ3) is 3.54. The molecule has 0 rings (SSSR count). The van der Waals surface area contributed by atoms with Crippen molar-refractivity contribution in [2.75, 3.05) is 26.8 Å². The van der Waals surface area contributed by atoms with Crippen molar-refractivity contribution in [2.45, 2.75) is 6.92 Å². The first-order valence-corrected chi connectivity index (χ1v) is 5.50. The molecule has 0 bridgehead atoms. The van der Waals surface area contributed by atoms with Gasteiger partial charge in [0.1, 0.15) is 0 Å². The van der Waals surface area contributed by atoms with Crippen LogP contribution in [-0.2, 0) is 17.7 Å². The van der Waals surface area contributed by atoms with Crippen molar-refractivity contribution in [1.29, 1.82) is 0 Å². The normalized spacial score (nSPS) is 12.0. The van der Waals surface area contributed by atoms with E-state index >= 15 is 0 Å². The Kier molecular flexibility index (Phi) is 6.20. The number of hydrogen-bond donors (Lipinski definition) is 1. The van der Waals surface area contributed by atoms with Gasteiger partial charge in [-0.1, -0.05) is 0 Å². The molecule has 0 aliphatic heterocycles. The second-order valence-corrected chi connectivity index (χ2v) is 4.27. The second-order valence-electron chi connectivity index (χ2n) is 1.61. The molecule has 0 saturated carbocycles. The quantitative estimate of drug-likeness (QED) is 0.386. The van der Waals surface area contributed by atoms with E-state index < -0.39 is 9.05 Å². The molecular weight excluding hydrogens is 184 g/mol. The summed E-state index contributed by atoms with van der Waals surface area (Å²) in [4.78, 5) is 0. The molecule has 0 heterocycles. The average Bonchev–Trinajstić information content (AvgIpc) is 2.04. The van der Waals surface area contributed by atoms with E-state index in [-0.39, 0.29) is 5.94 Å². The molecule has 0 radical (unpaired) electrons. The van der Waals surface area contributed by atoms with Crippen LogP contribution in [0.15, 0.2) is 0 Å². The van der Waals surface area contributed by atoms with Crippen molar-refractivity contribution in [3.8, 4) is 0 Å². The van der Waals surface area contributed by atoms with Gasteiger partial charge < -0.3 is 17.7 Å². The van der Waals surface area contributed by atoms with Gasteiger partial charge in [-0.25, -0.2) is 0 Å². The summed E-state index contributed by atoms with van der Waals surface area (Å²) in [5.41, 5.74) is 0. The SMILES string of the molecule is CCO[Si](OC)(OC)OCS. The van der Waals surface area contributed by atoms with E-state index in [1.165, 1.54) is 14.2 Å². The Balaban J connectivity index is 3.96. The van der Waals surface area contributed by atoms with Crippen LogP contribution >= 0.6 is 12.6 Å². The predicted octanol–water partition coefficient (Wildman–Crippen LogP) is 0.655. The molecule has 68 valence electrons. The summed E-state index contributed by atoms with van der Waals surface area (Å²) in [6.07, 6.45) is 0. The van der Waals surface area contributed by atoms with Gasteiger partial charge in [-0.05, 0) is 6.92 Å². The van der Waals surface area contributed by atoms with Gasteiger partial charge in [0.05, 0.1) is 5.94 Å². The lowest BCUT2D eigenvalue weighted by atomic mass is 10.9. The number of thiol groups is 1. The minimum atomic E-state index is -2.82. The zero-order valence-corrected chi connectivity index (χ0v) is 8.89. The highest BCUT2D eigenvalue weighted by Gasteiger charge is 2.42. The van der Waals surface area contributed by atoms with Crippen LogP contribution in [0.2, 0.25) is 0 Å². The molecule has 0 saturated heterocycles. The molecule has 0 atom stereocenters. The summed E-state index contributed by atoms with van der Waals surface area (Å²) >= 11 is 3.89. The number of rotatable bonds is 6. The topological polar surface area (TPSA) is 36.9 Å². The van der Waals surface area contributed by atoms with Crippen LogP contribution in [-0.4, -0.2) is 35.8 Å². The maximum Gasteiger partial charge on any atom is 0.679 e. The Morgan fingerprint density at radius 2 is 1.73 bits per heavy atom. The standard InChI is InChI=1S/C5H14O4SSi/c1-4-8-11(6-2,7-3)9-5-10/h10H,4-5H2,1-3H3. The molecule has 0 aromatic carbocycles. The lowest BCUT2D eigenvalue weighted by Crippen LogP contribution is -2.47. The summed E-state index contributed by atoms with van der Waals surface area (Å²) < 4.78 is 20.3. The van der Waals surface area contributed by atoms with Gasteiger partial charge in [0.25, 0.3) is 0 Å². The first-order chi connectivity index (χ1) is 5.24. The molecule has 6 heteroatoms. The highest BCUT2D eigenvalue weighted by molar-refractivity contribution is 7.80.